The Morgan fingerprint density at radius 1 is 1.26 bits per heavy atom. The van der Waals surface area contributed by atoms with Crippen molar-refractivity contribution < 1.29 is 14.7 Å². The number of hydrogen-bond donors (Lipinski definition) is 2. The number of fused-ring (bicyclic) bond motifs is 1. The zero-order chi connectivity index (χ0) is 13.6. The van der Waals surface area contributed by atoms with Gasteiger partial charge in [0.15, 0.2) is 0 Å². The van der Waals surface area contributed by atoms with Crippen LogP contribution in [-0.4, -0.2) is 17.0 Å². The number of carboxylic acids is 1. The van der Waals surface area contributed by atoms with E-state index < -0.39 is 5.97 Å². The Balaban J connectivity index is 1.74. The van der Waals surface area contributed by atoms with Gasteiger partial charge in [0.1, 0.15) is 0 Å². The number of benzene rings is 1. The predicted molar refractivity (Wildman–Crippen MR) is 74.1 cm³/mol. The van der Waals surface area contributed by atoms with Crippen LogP contribution in [0, 0.1) is 17.8 Å². The predicted octanol–water partition coefficient (Wildman–Crippen LogP) is 3.13. The summed E-state index contributed by atoms with van der Waals surface area (Å²) in [4.78, 5) is 23.1. The van der Waals surface area contributed by atoms with Gasteiger partial charge in [0.25, 0.3) is 0 Å². The van der Waals surface area contributed by atoms with E-state index in [0.717, 1.165) is 12.8 Å². The molecular formula is C14H14BrNO3. The normalized spacial score (nSPS) is 27.7. The largest absolute Gasteiger partial charge is 0.478 e. The van der Waals surface area contributed by atoms with Crippen LogP contribution in [0.5, 0.6) is 0 Å². The first-order chi connectivity index (χ1) is 9.08. The number of rotatable bonds is 3. The van der Waals surface area contributed by atoms with Gasteiger partial charge in [-0.2, -0.15) is 0 Å². The molecule has 1 aromatic carbocycles. The van der Waals surface area contributed by atoms with E-state index in [4.69, 9.17) is 5.11 Å². The topological polar surface area (TPSA) is 66.4 Å². The number of carbonyl (C=O) groups is 2. The molecule has 2 fully saturated rings. The van der Waals surface area contributed by atoms with Gasteiger partial charge in [-0.15, -0.1) is 0 Å². The summed E-state index contributed by atoms with van der Waals surface area (Å²) in [5.74, 6) is 0.279. The SMILES string of the molecule is O=C(O)c1ccc(Br)c(NC(=O)C2C3CCCC32)c1. The van der Waals surface area contributed by atoms with Gasteiger partial charge < -0.3 is 10.4 Å². The molecule has 2 aliphatic carbocycles. The fourth-order valence-corrected chi connectivity index (χ4v) is 3.53. The van der Waals surface area contributed by atoms with E-state index in [0.29, 0.717) is 22.0 Å². The lowest BCUT2D eigenvalue weighted by molar-refractivity contribution is -0.118. The van der Waals surface area contributed by atoms with Crippen molar-refractivity contribution in [1.29, 1.82) is 0 Å². The number of hydrogen-bond acceptors (Lipinski definition) is 2. The zero-order valence-electron chi connectivity index (χ0n) is 10.2. The summed E-state index contributed by atoms with van der Waals surface area (Å²) in [7, 11) is 0. The van der Waals surface area contributed by atoms with Gasteiger partial charge >= 0.3 is 5.97 Å². The number of carbonyl (C=O) groups excluding carboxylic acids is 1. The van der Waals surface area contributed by atoms with E-state index in [2.05, 4.69) is 21.2 Å². The minimum atomic E-state index is -0.994. The Bertz CT molecular complexity index is 548. The van der Waals surface area contributed by atoms with Gasteiger partial charge in [-0.05, 0) is 58.8 Å². The van der Waals surface area contributed by atoms with Crippen molar-refractivity contribution in [2.45, 2.75) is 19.3 Å². The van der Waals surface area contributed by atoms with E-state index in [-0.39, 0.29) is 17.4 Å². The summed E-state index contributed by atoms with van der Waals surface area (Å²) in [5.41, 5.74) is 0.712. The Kier molecular flexibility index (Phi) is 3.09. The van der Waals surface area contributed by atoms with E-state index in [1.807, 2.05) is 0 Å². The Morgan fingerprint density at radius 2 is 1.95 bits per heavy atom. The maximum atomic E-state index is 12.1. The van der Waals surface area contributed by atoms with Gasteiger partial charge in [-0.1, -0.05) is 6.42 Å². The van der Waals surface area contributed by atoms with Crippen molar-refractivity contribution in [3.63, 3.8) is 0 Å². The lowest BCUT2D eigenvalue weighted by Crippen LogP contribution is -2.17. The number of amides is 1. The van der Waals surface area contributed by atoms with Gasteiger partial charge in [-0.3, -0.25) is 4.79 Å². The van der Waals surface area contributed by atoms with Crippen LogP contribution in [0.1, 0.15) is 29.6 Å². The summed E-state index contributed by atoms with van der Waals surface area (Å²) in [5, 5.41) is 11.8. The molecule has 0 aliphatic heterocycles. The third kappa shape index (κ3) is 2.27. The van der Waals surface area contributed by atoms with Crippen LogP contribution in [0.15, 0.2) is 22.7 Å². The first-order valence-corrected chi connectivity index (χ1v) is 7.21. The molecule has 1 amide bonds. The summed E-state index contributed by atoms with van der Waals surface area (Å²) in [6, 6.07) is 4.64. The smallest absolute Gasteiger partial charge is 0.335 e. The highest BCUT2D eigenvalue weighted by atomic mass is 79.9. The lowest BCUT2D eigenvalue weighted by Gasteiger charge is -2.09. The van der Waals surface area contributed by atoms with Crippen molar-refractivity contribution in [3.8, 4) is 0 Å². The molecule has 0 spiro atoms. The molecule has 0 aromatic heterocycles. The summed E-state index contributed by atoms with van der Waals surface area (Å²) in [6.45, 7) is 0. The number of carboxylic acid groups (broad SMARTS) is 1. The fourth-order valence-electron chi connectivity index (χ4n) is 3.18. The second-order valence-electron chi connectivity index (χ2n) is 5.27. The van der Waals surface area contributed by atoms with Crippen LogP contribution in [0.4, 0.5) is 5.69 Å². The van der Waals surface area contributed by atoms with Crippen LogP contribution in [0.2, 0.25) is 0 Å². The Hall–Kier alpha value is -1.36. The molecule has 5 heteroatoms. The molecule has 0 bridgehead atoms. The minimum absolute atomic E-state index is 0.0259. The molecule has 2 atom stereocenters. The summed E-state index contributed by atoms with van der Waals surface area (Å²) in [6.07, 6.45) is 3.54. The zero-order valence-corrected chi connectivity index (χ0v) is 11.8. The van der Waals surface area contributed by atoms with Crippen LogP contribution in [0.3, 0.4) is 0 Å². The first-order valence-electron chi connectivity index (χ1n) is 6.41. The third-order valence-corrected chi connectivity index (χ3v) is 4.87. The molecule has 2 N–H and O–H groups in total. The Morgan fingerprint density at radius 3 is 2.58 bits per heavy atom. The number of halogens is 1. The molecule has 0 heterocycles. The van der Waals surface area contributed by atoms with Crippen molar-refractivity contribution in [1.82, 2.24) is 0 Å². The number of anilines is 1. The molecule has 1 aromatic rings. The fraction of sp³-hybridized carbons (Fsp3) is 0.429. The molecule has 100 valence electrons. The molecule has 2 unspecified atom stereocenters. The molecule has 2 saturated carbocycles. The Labute approximate surface area is 119 Å². The second kappa shape index (κ2) is 4.63. The van der Waals surface area contributed by atoms with E-state index in [1.54, 1.807) is 6.07 Å². The average molecular weight is 324 g/mol. The van der Waals surface area contributed by atoms with Crippen molar-refractivity contribution in [2.75, 3.05) is 5.32 Å². The van der Waals surface area contributed by atoms with Crippen molar-refractivity contribution in [2.24, 2.45) is 17.8 Å². The minimum Gasteiger partial charge on any atom is -0.478 e. The van der Waals surface area contributed by atoms with Gasteiger partial charge in [-0.25, -0.2) is 4.79 Å². The molecule has 2 aliphatic rings. The van der Waals surface area contributed by atoms with Crippen LogP contribution in [-0.2, 0) is 4.79 Å². The van der Waals surface area contributed by atoms with Gasteiger partial charge in [0, 0.05) is 10.4 Å². The molecule has 4 nitrogen and oxygen atoms in total. The second-order valence-corrected chi connectivity index (χ2v) is 6.13. The van der Waals surface area contributed by atoms with Gasteiger partial charge in [0.05, 0.1) is 11.3 Å². The molecular weight excluding hydrogens is 310 g/mol. The highest BCUT2D eigenvalue weighted by molar-refractivity contribution is 9.10. The van der Waals surface area contributed by atoms with Crippen LogP contribution in [0.25, 0.3) is 0 Å². The molecule has 0 saturated heterocycles. The lowest BCUT2D eigenvalue weighted by atomic mass is 10.1. The molecule has 0 radical (unpaired) electrons. The van der Waals surface area contributed by atoms with E-state index in [9.17, 15) is 9.59 Å². The van der Waals surface area contributed by atoms with Crippen molar-refractivity contribution >= 4 is 33.5 Å². The van der Waals surface area contributed by atoms with Crippen LogP contribution >= 0.6 is 15.9 Å². The molecule has 19 heavy (non-hydrogen) atoms. The van der Waals surface area contributed by atoms with E-state index >= 15 is 0 Å². The maximum Gasteiger partial charge on any atom is 0.335 e. The number of aromatic carboxylic acids is 1. The maximum absolute atomic E-state index is 12.1. The highest BCUT2D eigenvalue weighted by Crippen LogP contribution is 2.57. The molecule has 3 rings (SSSR count). The van der Waals surface area contributed by atoms with E-state index in [1.165, 1.54) is 18.6 Å². The standard InChI is InChI=1S/C14H14BrNO3/c15-10-5-4-7(14(18)19)6-11(10)16-13(17)12-8-2-1-3-9(8)12/h4-6,8-9,12H,1-3H2,(H,16,17)(H,18,19). The van der Waals surface area contributed by atoms with Gasteiger partial charge in [0.2, 0.25) is 5.91 Å². The third-order valence-electron chi connectivity index (χ3n) is 4.18. The highest BCUT2D eigenvalue weighted by Gasteiger charge is 2.56. The summed E-state index contributed by atoms with van der Waals surface area (Å²) < 4.78 is 0.705. The first kappa shape index (κ1) is 12.7. The number of nitrogens with one attached hydrogen (secondary N) is 1. The average Bonchev–Trinajstić information content (AvgIpc) is 2.86. The van der Waals surface area contributed by atoms with Crippen molar-refractivity contribution in [3.05, 3.63) is 28.2 Å². The van der Waals surface area contributed by atoms with Crippen LogP contribution < -0.4 is 5.32 Å². The quantitative estimate of drug-likeness (QED) is 0.898. The summed E-state index contributed by atoms with van der Waals surface area (Å²) >= 11 is 3.33. The monoisotopic (exact) mass is 323 g/mol.